The van der Waals surface area contributed by atoms with Crippen molar-refractivity contribution >= 4 is 0 Å². The predicted octanol–water partition coefficient (Wildman–Crippen LogP) is 1.32. The van der Waals surface area contributed by atoms with E-state index in [1.807, 2.05) is 0 Å². The van der Waals surface area contributed by atoms with Crippen LogP contribution >= 0.6 is 0 Å². The maximum atomic E-state index is 5.41. The molecule has 1 aliphatic carbocycles. The zero-order valence-corrected chi connectivity index (χ0v) is 7.76. The van der Waals surface area contributed by atoms with Crippen LogP contribution in [-0.4, -0.2) is 32.2 Å². The minimum Gasteiger partial charge on any atom is -0.370 e. The van der Waals surface area contributed by atoms with Crippen molar-refractivity contribution in [3.63, 3.8) is 0 Å². The molecule has 12 heavy (non-hydrogen) atoms. The van der Waals surface area contributed by atoms with E-state index in [1.54, 1.807) is 14.2 Å². The first-order valence-electron chi connectivity index (χ1n) is 4.49. The second-order valence-corrected chi connectivity index (χ2v) is 3.79. The first-order valence-corrected chi connectivity index (χ1v) is 4.49. The fourth-order valence-electron chi connectivity index (χ4n) is 1.97. The normalized spacial score (nSPS) is 30.5. The molecule has 1 spiro atoms. The summed E-state index contributed by atoms with van der Waals surface area (Å²) in [6.45, 7) is 0.941. The Hall–Kier alpha value is -0.120. The topological polar surface area (TPSA) is 31.0 Å². The second-order valence-electron chi connectivity index (χ2n) is 3.79. The molecule has 3 heteroatoms. The number of methoxy groups -OCH3 is 2. The molecular weight excluding hydrogens is 156 g/mol. The van der Waals surface area contributed by atoms with Gasteiger partial charge in [-0.15, -0.1) is 0 Å². The van der Waals surface area contributed by atoms with Gasteiger partial charge in [0.25, 0.3) is 0 Å². The largest absolute Gasteiger partial charge is 0.370 e. The van der Waals surface area contributed by atoms with E-state index in [0.717, 1.165) is 32.3 Å². The number of rotatable bonds is 2. The molecule has 0 aromatic heterocycles. The lowest BCUT2D eigenvalue weighted by Crippen LogP contribution is -2.40. The molecule has 0 amide bonds. The summed E-state index contributed by atoms with van der Waals surface area (Å²) in [6, 6.07) is 0. The lowest BCUT2D eigenvalue weighted by atomic mass is 9.85. The van der Waals surface area contributed by atoms with Gasteiger partial charge in [-0.3, -0.25) is 0 Å². The van der Waals surface area contributed by atoms with Gasteiger partial charge in [-0.05, 0) is 12.8 Å². The first-order chi connectivity index (χ1) is 5.74. The fraction of sp³-hybridized carbons (Fsp3) is 1.00. The van der Waals surface area contributed by atoms with Gasteiger partial charge in [-0.25, -0.2) is 0 Å². The summed E-state index contributed by atoms with van der Waals surface area (Å²) < 4.78 is 16.2. The molecule has 0 radical (unpaired) electrons. The molecular formula is C9H16O3. The molecule has 2 fully saturated rings. The molecule has 3 nitrogen and oxygen atoms in total. The van der Waals surface area contributed by atoms with Crippen LogP contribution in [0, 0.1) is 0 Å². The minimum atomic E-state index is -0.322. The molecule has 0 aromatic rings. The Balaban J connectivity index is 1.95. The molecule has 0 aromatic carbocycles. The monoisotopic (exact) mass is 172 g/mol. The zero-order chi connectivity index (χ0) is 8.66. The maximum absolute atomic E-state index is 5.41. The van der Waals surface area contributed by atoms with Crippen LogP contribution in [0.25, 0.3) is 0 Å². The van der Waals surface area contributed by atoms with Crippen LogP contribution < -0.4 is 0 Å². The van der Waals surface area contributed by atoms with Crippen LogP contribution in [0.1, 0.15) is 25.7 Å². The van der Waals surface area contributed by atoms with E-state index in [9.17, 15) is 0 Å². The molecule has 1 saturated carbocycles. The number of ether oxygens (including phenoxy) is 3. The Kier molecular flexibility index (Phi) is 1.90. The maximum Gasteiger partial charge on any atom is 0.167 e. The standard InChI is InChI=1S/C9H16O3/c1-10-9(11-2)5-3-8(4-6-9)7-12-8/h3-7H2,1-2H3. The molecule has 1 saturated heterocycles. The van der Waals surface area contributed by atoms with Crippen molar-refractivity contribution < 1.29 is 14.2 Å². The highest BCUT2D eigenvalue weighted by atomic mass is 16.7. The van der Waals surface area contributed by atoms with E-state index >= 15 is 0 Å². The molecule has 0 unspecified atom stereocenters. The Bertz CT molecular complexity index is 159. The van der Waals surface area contributed by atoms with Crippen molar-refractivity contribution in [1.29, 1.82) is 0 Å². The summed E-state index contributed by atoms with van der Waals surface area (Å²) in [5.74, 6) is -0.322. The minimum absolute atomic E-state index is 0.223. The van der Waals surface area contributed by atoms with Crippen LogP contribution in [0.15, 0.2) is 0 Å². The third kappa shape index (κ3) is 1.26. The Morgan fingerprint density at radius 2 is 1.50 bits per heavy atom. The summed E-state index contributed by atoms with van der Waals surface area (Å²) >= 11 is 0. The van der Waals surface area contributed by atoms with Crippen molar-refractivity contribution in [2.24, 2.45) is 0 Å². The van der Waals surface area contributed by atoms with Crippen molar-refractivity contribution in [3.8, 4) is 0 Å². The summed E-state index contributed by atoms with van der Waals surface area (Å²) in [6.07, 6.45) is 4.07. The highest BCUT2D eigenvalue weighted by Crippen LogP contribution is 2.46. The van der Waals surface area contributed by atoms with Crippen molar-refractivity contribution in [2.75, 3.05) is 20.8 Å². The Labute approximate surface area is 73.0 Å². The average molecular weight is 172 g/mol. The van der Waals surface area contributed by atoms with Gasteiger partial charge in [0.15, 0.2) is 5.79 Å². The van der Waals surface area contributed by atoms with E-state index in [1.165, 1.54) is 0 Å². The molecule has 1 aliphatic heterocycles. The second kappa shape index (κ2) is 2.69. The lowest BCUT2D eigenvalue weighted by Gasteiger charge is -2.36. The van der Waals surface area contributed by atoms with Crippen molar-refractivity contribution in [2.45, 2.75) is 37.1 Å². The highest BCUT2D eigenvalue weighted by Gasteiger charge is 2.51. The van der Waals surface area contributed by atoms with E-state index in [-0.39, 0.29) is 11.4 Å². The summed E-state index contributed by atoms with van der Waals surface area (Å²) in [5, 5.41) is 0. The van der Waals surface area contributed by atoms with Crippen LogP contribution in [0.2, 0.25) is 0 Å². The third-order valence-corrected chi connectivity index (χ3v) is 3.22. The number of hydrogen-bond acceptors (Lipinski definition) is 3. The van der Waals surface area contributed by atoms with Crippen LogP contribution in [-0.2, 0) is 14.2 Å². The highest BCUT2D eigenvalue weighted by molar-refractivity contribution is 4.98. The fourth-order valence-corrected chi connectivity index (χ4v) is 1.97. The Morgan fingerprint density at radius 3 is 1.83 bits per heavy atom. The van der Waals surface area contributed by atoms with E-state index in [0.29, 0.717) is 0 Å². The molecule has 0 bridgehead atoms. The SMILES string of the molecule is COC1(OC)CCC2(CC1)CO2. The van der Waals surface area contributed by atoms with E-state index in [2.05, 4.69) is 0 Å². The summed E-state index contributed by atoms with van der Waals surface area (Å²) in [4.78, 5) is 0. The first kappa shape index (κ1) is 8.48. The van der Waals surface area contributed by atoms with Gasteiger partial charge >= 0.3 is 0 Å². The zero-order valence-electron chi connectivity index (χ0n) is 7.76. The Morgan fingerprint density at radius 1 is 1.00 bits per heavy atom. The van der Waals surface area contributed by atoms with E-state index in [4.69, 9.17) is 14.2 Å². The van der Waals surface area contributed by atoms with E-state index < -0.39 is 0 Å². The lowest BCUT2D eigenvalue weighted by molar-refractivity contribution is -0.228. The molecule has 2 aliphatic rings. The van der Waals surface area contributed by atoms with Crippen LogP contribution in [0.3, 0.4) is 0 Å². The summed E-state index contributed by atoms with van der Waals surface area (Å²) in [7, 11) is 3.44. The summed E-state index contributed by atoms with van der Waals surface area (Å²) in [5.41, 5.74) is 0.223. The predicted molar refractivity (Wildman–Crippen MR) is 43.9 cm³/mol. The van der Waals surface area contributed by atoms with Gasteiger partial charge in [0, 0.05) is 27.1 Å². The van der Waals surface area contributed by atoms with Gasteiger partial charge in [0.2, 0.25) is 0 Å². The molecule has 0 N–H and O–H groups in total. The molecule has 0 atom stereocenters. The van der Waals surface area contributed by atoms with Crippen LogP contribution in [0.5, 0.6) is 0 Å². The molecule has 70 valence electrons. The quantitative estimate of drug-likeness (QED) is 0.465. The number of hydrogen-bond donors (Lipinski definition) is 0. The molecule has 1 heterocycles. The van der Waals surface area contributed by atoms with Crippen molar-refractivity contribution in [1.82, 2.24) is 0 Å². The number of epoxide rings is 1. The molecule has 2 rings (SSSR count). The van der Waals surface area contributed by atoms with Gasteiger partial charge in [0.1, 0.15) is 0 Å². The van der Waals surface area contributed by atoms with Crippen LogP contribution in [0.4, 0.5) is 0 Å². The van der Waals surface area contributed by atoms with Gasteiger partial charge in [0.05, 0.1) is 12.2 Å². The van der Waals surface area contributed by atoms with Gasteiger partial charge in [-0.2, -0.15) is 0 Å². The average Bonchev–Trinajstić information content (AvgIpc) is 2.88. The van der Waals surface area contributed by atoms with Gasteiger partial charge < -0.3 is 14.2 Å². The smallest absolute Gasteiger partial charge is 0.167 e. The van der Waals surface area contributed by atoms with Crippen molar-refractivity contribution in [3.05, 3.63) is 0 Å². The van der Waals surface area contributed by atoms with Gasteiger partial charge in [-0.1, -0.05) is 0 Å². The third-order valence-electron chi connectivity index (χ3n) is 3.22.